The lowest BCUT2D eigenvalue weighted by molar-refractivity contribution is 0.0676. The van der Waals surface area contributed by atoms with Gasteiger partial charge in [-0.2, -0.15) is 4.99 Å². The molecule has 21 heavy (non-hydrogen) atoms. The van der Waals surface area contributed by atoms with Crippen LogP contribution in [-0.2, 0) is 11.2 Å². The van der Waals surface area contributed by atoms with E-state index in [0.717, 1.165) is 31.6 Å². The molecule has 0 atom stereocenters. The van der Waals surface area contributed by atoms with Crippen molar-refractivity contribution >= 4 is 29.0 Å². The van der Waals surface area contributed by atoms with Gasteiger partial charge in [0.1, 0.15) is 0 Å². The van der Waals surface area contributed by atoms with Gasteiger partial charge in [0.05, 0.1) is 13.2 Å². The summed E-state index contributed by atoms with van der Waals surface area (Å²) in [4.78, 5) is 6.26. The first-order chi connectivity index (χ1) is 10.2. The van der Waals surface area contributed by atoms with Crippen LogP contribution < -0.4 is 11.1 Å². The zero-order chi connectivity index (χ0) is 15.1. The van der Waals surface area contributed by atoms with Crippen molar-refractivity contribution in [1.29, 1.82) is 0 Å². The lowest BCUT2D eigenvalue weighted by Crippen LogP contribution is -2.45. The minimum Gasteiger partial charge on any atom is -0.378 e. The Morgan fingerprint density at radius 3 is 2.81 bits per heavy atom. The first-order valence-corrected chi connectivity index (χ1v) is 7.67. The van der Waals surface area contributed by atoms with Gasteiger partial charge in [0.15, 0.2) is 5.96 Å². The highest BCUT2D eigenvalue weighted by Gasteiger charge is 2.13. The Morgan fingerprint density at radius 1 is 1.38 bits per heavy atom. The van der Waals surface area contributed by atoms with Crippen LogP contribution in [0.15, 0.2) is 29.3 Å². The van der Waals surface area contributed by atoms with Crippen molar-refractivity contribution in [1.82, 2.24) is 4.90 Å². The first-order valence-electron chi connectivity index (χ1n) is 7.26. The monoisotopic (exact) mass is 306 g/mol. The van der Waals surface area contributed by atoms with Crippen molar-refractivity contribution in [2.45, 2.75) is 19.8 Å². The predicted molar refractivity (Wildman–Crippen MR) is 90.7 cm³/mol. The van der Waals surface area contributed by atoms with Gasteiger partial charge in [0.25, 0.3) is 0 Å². The quantitative estimate of drug-likeness (QED) is 0.508. The molecule has 0 amide bonds. The molecule has 0 aliphatic carbocycles. The summed E-state index contributed by atoms with van der Waals surface area (Å²) in [6, 6.07) is 8.13. The number of para-hydroxylation sites is 1. The molecule has 0 unspecified atom stereocenters. The van der Waals surface area contributed by atoms with Gasteiger partial charge in [0.2, 0.25) is 5.11 Å². The molecule has 0 saturated carbocycles. The van der Waals surface area contributed by atoms with Crippen molar-refractivity contribution in [3.8, 4) is 0 Å². The number of nitrogens with zero attached hydrogens (tertiary/aromatic N) is 2. The minimum absolute atomic E-state index is 0.391. The lowest BCUT2D eigenvalue weighted by Gasteiger charge is -2.27. The number of anilines is 1. The summed E-state index contributed by atoms with van der Waals surface area (Å²) >= 11 is 5.29. The molecule has 114 valence electrons. The number of thiocarbonyl (C=S) groups is 1. The second-order valence-electron chi connectivity index (χ2n) is 4.91. The Balaban J connectivity index is 2.00. The van der Waals surface area contributed by atoms with E-state index in [1.165, 1.54) is 5.56 Å². The normalized spacial score (nSPS) is 15.9. The highest BCUT2D eigenvalue weighted by molar-refractivity contribution is 7.80. The minimum atomic E-state index is 0.391. The van der Waals surface area contributed by atoms with Crippen LogP contribution in [0.25, 0.3) is 0 Å². The molecule has 0 radical (unpaired) electrons. The average Bonchev–Trinajstić information content (AvgIpc) is 2.50. The maximum absolute atomic E-state index is 5.99. The number of benzene rings is 1. The Hall–Kier alpha value is -1.66. The predicted octanol–water partition coefficient (Wildman–Crippen LogP) is 1.98. The second kappa shape index (κ2) is 7.95. The van der Waals surface area contributed by atoms with Gasteiger partial charge in [-0.15, -0.1) is 0 Å². The summed E-state index contributed by atoms with van der Waals surface area (Å²) in [5.41, 5.74) is 8.23. The molecule has 1 saturated heterocycles. The number of nitrogens with two attached hydrogens (primary N) is 1. The van der Waals surface area contributed by atoms with E-state index in [9.17, 15) is 0 Å². The van der Waals surface area contributed by atoms with Gasteiger partial charge in [-0.05, 0) is 30.3 Å². The fourth-order valence-corrected chi connectivity index (χ4v) is 2.44. The van der Waals surface area contributed by atoms with Gasteiger partial charge in [-0.25, -0.2) is 0 Å². The topological polar surface area (TPSA) is 62.9 Å². The van der Waals surface area contributed by atoms with E-state index in [-0.39, 0.29) is 0 Å². The molecular weight excluding hydrogens is 284 g/mol. The van der Waals surface area contributed by atoms with Gasteiger partial charge in [-0.1, -0.05) is 31.5 Å². The Labute approximate surface area is 131 Å². The SMILES string of the molecule is CCCc1ccccc1NC(=S)N=C(N)N1CCOCC1. The summed E-state index contributed by atoms with van der Waals surface area (Å²) in [7, 11) is 0. The molecular formula is C15H22N4OS. The van der Waals surface area contributed by atoms with Gasteiger partial charge >= 0.3 is 0 Å². The number of rotatable bonds is 3. The number of aryl methyl sites for hydroxylation is 1. The van der Waals surface area contributed by atoms with Crippen LogP contribution >= 0.6 is 12.2 Å². The molecule has 0 bridgehead atoms. The van der Waals surface area contributed by atoms with E-state index in [2.05, 4.69) is 23.3 Å². The van der Waals surface area contributed by atoms with Crippen LogP contribution in [0.1, 0.15) is 18.9 Å². The highest BCUT2D eigenvalue weighted by Crippen LogP contribution is 2.17. The third-order valence-electron chi connectivity index (χ3n) is 3.33. The van der Waals surface area contributed by atoms with Crippen LogP contribution in [0, 0.1) is 0 Å². The summed E-state index contributed by atoms with van der Waals surface area (Å²) < 4.78 is 5.29. The Bertz CT molecular complexity index is 512. The molecule has 1 fully saturated rings. The van der Waals surface area contributed by atoms with Gasteiger partial charge in [-0.3, -0.25) is 0 Å². The molecule has 1 aromatic rings. The van der Waals surface area contributed by atoms with Crippen molar-refractivity contribution < 1.29 is 4.74 Å². The van der Waals surface area contributed by atoms with Gasteiger partial charge in [0, 0.05) is 18.8 Å². The number of ether oxygens (including phenoxy) is 1. The van der Waals surface area contributed by atoms with Crippen molar-refractivity contribution in [2.24, 2.45) is 10.7 Å². The lowest BCUT2D eigenvalue weighted by atomic mass is 10.1. The standard InChI is InChI=1S/C15H22N4OS/c1-2-5-12-6-3-4-7-13(12)17-15(21)18-14(16)19-8-10-20-11-9-19/h3-4,6-7H,2,5,8-11H2,1H3,(H3,16,17,18,21). The molecule has 1 aliphatic rings. The molecule has 1 heterocycles. The number of nitrogens with one attached hydrogen (secondary N) is 1. The van der Waals surface area contributed by atoms with Crippen molar-refractivity contribution in [3.63, 3.8) is 0 Å². The molecule has 3 N–H and O–H groups in total. The zero-order valence-corrected chi connectivity index (χ0v) is 13.2. The average molecular weight is 306 g/mol. The van der Waals surface area contributed by atoms with E-state index in [0.29, 0.717) is 24.3 Å². The van der Waals surface area contributed by atoms with Crippen LogP contribution in [-0.4, -0.2) is 42.3 Å². The van der Waals surface area contributed by atoms with Crippen molar-refractivity contribution in [3.05, 3.63) is 29.8 Å². The second-order valence-corrected chi connectivity index (χ2v) is 5.29. The number of aliphatic imine (C=N–C) groups is 1. The van der Waals surface area contributed by atoms with Crippen LogP contribution in [0.2, 0.25) is 0 Å². The van der Waals surface area contributed by atoms with Crippen LogP contribution in [0.4, 0.5) is 5.69 Å². The number of hydrogen-bond donors (Lipinski definition) is 2. The molecule has 1 aromatic carbocycles. The van der Waals surface area contributed by atoms with Crippen LogP contribution in [0.3, 0.4) is 0 Å². The van der Waals surface area contributed by atoms with Crippen molar-refractivity contribution in [2.75, 3.05) is 31.6 Å². The first kappa shape index (κ1) is 15.7. The maximum atomic E-state index is 5.99. The Kier molecular flexibility index (Phi) is 5.95. The number of hydrogen-bond acceptors (Lipinski definition) is 2. The fraction of sp³-hybridized carbons (Fsp3) is 0.467. The van der Waals surface area contributed by atoms with Gasteiger partial charge < -0.3 is 20.7 Å². The summed E-state index contributed by atoms with van der Waals surface area (Å²) in [6.07, 6.45) is 2.10. The molecule has 0 aromatic heterocycles. The fourth-order valence-electron chi connectivity index (χ4n) is 2.24. The summed E-state index contributed by atoms with van der Waals surface area (Å²) in [5.74, 6) is 0.448. The Morgan fingerprint density at radius 2 is 2.10 bits per heavy atom. The van der Waals surface area contributed by atoms with Crippen LogP contribution in [0.5, 0.6) is 0 Å². The number of guanidine groups is 1. The highest BCUT2D eigenvalue weighted by atomic mass is 32.1. The van der Waals surface area contributed by atoms with E-state index in [4.69, 9.17) is 22.7 Å². The molecule has 2 rings (SSSR count). The molecule has 1 aliphatic heterocycles. The smallest absolute Gasteiger partial charge is 0.200 e. The maximum Gasteiger partial charge on any atom is 0.200 e. The number of morpholine rings is 1. The van der Waals surface area contributed by atoms with E-state index in [1.54, 1.807) is 0 Å². The third kappa shape index (κ3) is 4.68. The zero-order valence-electron chi connectivity index (χ0n) is 12.3. The largest absolute Gasteiger partial charge is 0.378 e. The van der Waals surface area contributed by atoms with E-state index in [1.807, 2.05) is 23.1 Å². The summed E-state index contributed by atoms with van der Waals surface area (Å²) in [6.45, 7) is 5.02. The third-order valence-corrected chi connectivity index (χ3v) is 3.52. The summed E-state index contributed by atoms with van der Waals surface area (Å²) in [5, 5.41) is 3.56. The van der Waals surface area contributed by atoms with E-state index < -0.39 is 0 Å². The molecule has 5 nitrogen and oxygen atoms in total. The molecule has 0 spiro atoms. The molecule has 6 heteroatoms. The van der Waals surface area contributed by atoms with E-state index >= 15 is 0 Å².